The Morgan fingerprint density at radius 1 is 1.35 bits per heavy atom. The molecule has 0 amide bonds. The largest absolute Gasteiger partial charge is 0.467 e. The molecule has 7 heteroatoms. The lowest BCUT2D eigenvalue weighted by Gasteiger charge is -2.21. The molecular formula is C16H28IN3O3. The molecule has 132 valence electrons. The van der Waals surface area contributed by atoms with Crippen molar-refractivity contribution in [2.24, 2.45) is 10.9 Å². The molecule has 1 aromatic heterocycles. The fraction of sp³-hybridized carbons (Fsp3) is 0.688. The molecule has 1 saturated heterocycles. The minimum atomic E-state index is 0. The number of halogens is 1. The number of hydrogen-bond acceptors (Lipinski definition) is 4. The molecule has 1 aromatic rings. The second-order valence-electron chi connectivity index (χ2n) is 5.42. The van der Waals surface area contributed by atoms with E-state index in [4.69, 9.17) is 13.9 Å². The molecule has 1 aliphatic heterocycles. The number of ether oxygens (including phenoxy) is 2. The number of nitrogens with one attached hydrogen (secondary N) is 2. The Morgan fingerprint density at radius 2 is 2.17 bits per heavy atom. The molecule has 0 saturated carbocycles. The van der Waals surface area contributed by atoms with Crippen LogP contribution in [0.5, 0.6) is 0 Å². The molecule has 0 aliphatic carbocycles. The molecular weight excluding hydrogens is 409 g/mol. The first-order valence-corrected chi connectivity index (χ1v) is 8.01. The zero-order chi connectivity index (χ0) is 15.5. The molecule has 1 aliphatic rings. The van der Waals surface area contributed by atoms with Gasteiger partial charge in [-0.3, -0.25) is 4.99 Å². The molecule has 2 heterocycles. The average molecular weight is 437 g/mol. The highest BCUT2D eigenvalue weighted by atomic mass is 127. The van der Waals surface area contributed by atoms with Gasteiger partial charge in [-0.25, -0.2) is 0 Å². The SMILES string of the molecule is CN=C(NCCCOCC1CCOCC1)NCc1ccco1.I. The van der Waals surface area contributed by atoms with Crippen LogP contribution in [0, 0.1) is 5.92 Å². The first-order valence-electron chi connectivity index (χ1n) is 8.01. The number of hydrogen-bond donors (Lipinski definition) is 2. The van der Waals surface area contributed by atoms with Crippen molar-refractivity contribution in [1.82, 2.24) is 10.6 Å². The first-order chi connectivity index (χ1) is 10.9. The first kappa shape index (κ1) is 20.2. The summed E-state index contributed by atoms with van der Waals surface area (Å²) in [6, 6.07) is 3.81. The molecule has 2 N–H and O–H groups in total. The van der Waals surface area contributed by atoms with Gasteiger partial charge in [-0.1, -0.05) is 0 Å². The van der Waals surface area contributed by atoms with Crippen molar-refractivity contribution in [2.45, 2.75) is 25.8 Å². The van der Waals surface area contributed by atoms with E-state index >= 15 is 0 Å². The van der Waals surface area contributed by atoms with Crippen LogP contribution in [0.25, 0.3) is 0 Å². The van der Waals surface area contributed by atoms with Gasteiger partial charge < -0.3 is 24.5 Å². The van der Waals surface area contributed by atoms with Gasteiger partial charge in [0.05, 0.1) is 12.8 Å². The van der Waals surface area contributed by atoms with Gasteiger partial charge in [0.1, 0.15) is 5.76 Å². The molecule has 2 rings (SSSR count). The van der Waals surface area contributed by atoms with Crippen molar-refractivity contribution in [3.8, 4) is 0 Å². The van der Waals surface area contributed by atoms with Crippen LogP contribution in [-0.2, 0) is 16.0 Å². The summed E-state index contributed by atoms with van der Waals surface area (Å²) >= 11 is 0. The van der Waals surface area contributed by atoms with E-state index in [2.05, 4.69) is 15.6 Å². The minimum Gasteiger partial charge on any atom is -0.467 e. The van der Waals surface area contributed by atoms with Crippen molar-refractivity contribution in [3.63, 3.8) is 0 Å². The van der Waals surface area contributed by atoms with Gasteiger partial charge in [0.25, 0.3) is 0 Å². The van der Waals surface area contributed by atoms with Crippen LogP contribution < -0.4 is 10.6 Å². The molecule has 0 atom stereocenters. The molecule has 0 spiro atoms. The van der Waals surface area contributed by atoms with Crippen LogP contribution in [0.1, 0.15) is 25.0 Å². The second kappa shape index (κ2) is 12.6. The lowest BCUT2D eigenvalue weighted by atomic mass is 10.0. The van der Waals surface area contributed by atoms with Gasteiger partial charge in [0.15, 0.2) is 5.96 Å². The molecule has 0 unspecified atom stereocenters. The summed E-state index contributed by atoms with van der Waals surface area (Å²) in [5.41, 5.74) is 0. The minimum absolute atomic E-state index is 0. The quantitative estimate of drug-likeness (QED) is 0.283. The normalized spacial score (nSPS) is 16.0. The molecule has 23 heavy (non-hydrogen) atoms. The fourth-order valence-electron chi connectivity index (χ4n) is 2.35. The predicted molar refractivity (Wildman–Crippen MR) is 101 cm³/mol. The third-order valence-corrected chi connectivity index (χ3v) is 3.69. The summed E-state index contributed by atoms with van der Waals surface area (Å²) in [4.78, 5) is 4.18. The smallest absolute Gasteiger partial charge is 0.191 e. The highest BCUT2D eigenvalue weighted by Crippen LogP contribution is 2.14. The van der Waals surface area contributed by atoms with Gasteiger partial charge in [-0.05, 0) is 37.3 Å². The van der Waals surface area contributed by atoms with Gasteiger partial charge in [-0.2, -0.15) is 0 Å². The van der Waals surface area contributed by atoms with E-state index in [9.17, 15) is 0 Å². The van der Waals surface area contributed by atoms with Crippen molar-refractivity contribution < 1.29 is 13.9 Å². The number of nitrogens with zero attached hydrogens (tertiary/aromatic N) is 1. The zero-order valence-corrected chi connectivity index (χ0v) is 16.1. The van der Waals surface area contributed by atoms with E-state index in [-0.39, 0.29) is 24.0 Å². The molecule has 0 radical (unpaired) electrons. The lowest BCUT2D eigenvalue weighted by Crippen LogP contribution is -2.37. The number of aliphatic imine (C=N–C) groups is 1. The summed E-state index contributed by atoms with van der Waals surface area (Å²) in [5, 5.41) is 6.47. The third kappa shape index (κ3) is 8.57. The van der Waals surface area contributed by atoms with E-state index in [0.717, 1.165) is 64.0 Å². The van der Waals surface area contributed by atoms with Gasteiger partial charge >= 0.3 is 0 Å². The summed E-state index contributed by atoms with van der Waals surface area (Å²) < 4.78 is 16.3. The van der Waals surface area contributed by atoms with Crippen molar-refractivity contribution in [2.75, 3.05) is 40.0 Å². The number of guanidine groups is 1. The van der Waals surface area contributed by atoms with E-state index in [1.54, 1.807) is 13.3 Å². The summed E-state index contributed by atoms with van der Waals surface area (Å²) in [7, 11) is 1.76. The molecule has 0 aromatic carbocycles. The van der Waals surface area contributed by atoms with Crippen LogP contribution in [-0.4, -0.2) is 46.0 Å². The Hall–Kier alpha value is -0.800. The van der Waals surface area contributed by atoms with Crippen molar-refractivity contribution in [1.29, 1.82) is 0 Å². The van der Waals surface area contributed by atoms with Crippen molar-refractivity contribution >= 4 is 29.9 Å². The van der Waals surface area contributed by atoms with Crippen molar-refractivity contribution in [3.05, 3.63) is 24.2 Å². The topological polar surface area (TPSA) is 68.0 Å². The highest BCUT2D eigenvalue weighted by Gasteiger charge is 2.13. The van der Waals surface area contributed by atoms with Crippen LogP contribution in [0.15, 0.2) is 27.8 Å². The maximum Gasteiger partial charge on any atom is 0.191 e. The molecule has 6 nitrogen and oxygen atoms in total. The van der Waals surface area contributed by atoms with E-state index in [1.807, 2.05) is 12.1 Å². The van der Waals surface area contributed by atoms with Crippen LogP contribution in [0.3, 0.4) is 0 Å². The Kier molecular flexibility index (Phi) is 11.1. The Bertz CT molecular complexity index is 420. The number of rotatable bonds is 8. The monoisotopic (exact) mass is 437 g/mol. The summed E-state index contributed by atoms with van der Waals surface area (Å²) in [5.74, 6) is 2.34. The maximum atomic E-state index is 5.74. The standard InChI is InChI=1S/C16H27N3O3.HI/c1-17-16(19-12-15-4-2-9-22-15)18-7-3-8-21-13-14-5-10-20-11-6-14;/h2,4,9,14H,3,5-8,10-13H2,1H3,(H2,17,18,19);1H. The van der Waals surface area contributed by atoms with E-state index < -0.39 is 0 Å². The van der Waals surface area contributed by atoms with Gasteiger partial charge in [0.2, 0.25) is 0 Å². The van der Waals surface area contributed by atoms with Crippen LogP contribution >= 0.6 is 24.0 Å². The summed E-state index contributed by atoms with van der Waals surface area (Å²) in [6.45, 7) is 4.87. The van der Waals surface area contributed by atoms with Crippen LogP contribution in [0.4, 0.5) is 0 Å². The van der Waals surface area contributed by atoms with Crippen LogP contribution in [0.2, 0.25) is 0 Å². The number of furan rings is 1. The Labute approximate surface area is 155 Å². The average Bonchev–Trinajstić information content (AvgIpc) is 3.08. The second-order valence-corrected chi connectivity index (χ2v) is 5.42. The predicted octanol–water partition coefficient (Wildman–Crippen LogP) is 2.40. The molecule has 1 fully saturated rings. The van der Waals surface area contributed by atoms with E-state index in [0.29, 0.717) is 12.5 Å². The maximum absolute atomic E-state index is 5.74. The highest BCUT2D eigenvalue weighted by molar-refractivity contribution is 14.0. The summed E-state index contributed by atoms with van der Waals surface area (Å²) in [6.07, 6.45) is 4.89. The third-order valence-electron chi connectivity index (χ3n) is 3.69. The molecule has 0 bridgehead atoms. The van der Waals surface area contributed by atoms with E-state index in [1.165, 1.54) is 0 Å². The fourth-order valence-corrected chi connectivity index (χ4v) is 2.35. The lowest BCUT2D eigenvalue weighted by molar-refractivity contribution is 0.0203. The Balaban J connectivity index is 0.00000264. The van der Waals surface area contributed by atoms with Gasteiger partial charge in [0, 0.05) is 40.0 Å². The van der Waals surface area contributed by atoms with Gasteiger partial charge in [-0.15, -0.1) is 24.0 Å². The zero-order valence-electron chi connectivity index (χ0n) is 13.8. The Morgan fingerprint density at radius 3 is 2.87 bits per heavy atom.